The second kappa shape index (κ2) is 11.3. The molecule has 3 aromatic rings. The zero-order valence-corrected chi connectivity index (χ0v) is 19.5. The normalized spacial score (nSPS) is 10.8. The van der Waals surface area contributed by atoms with E-state index in [9.17, 15) is 9.59 Å². The van der Waals surface area contributed by atoms with Gasteiger partial charge in [-0.15, -0.1) is 0 Å². The summed E-state index contributed by atoms with van der Waals surface area (Å²) in [6.07, 6.45) is 0.746. The van der Waals surface area contributed by atoms with Crippen molar-refractivity contribution in [3.8, 4) is 17.2 Å². The fraction of sp³-hybridized carbons (Fsp3) is 0.360. The van der Waals surface area contributed by atoms with Crippen molar-refractivity contribution in [3.63, 3.8) is 0 Å². The molecule has 0 saturated heterocycles. The SMILES string of the molecule is CCOc1ccccc1C(=O)NCCCC(=O)Nc1c(C)cccc1-c1nc(C(C)C)no1. The zero-order chi connectivity index (χ0) is 23.8. The molecule has 2 aromatic carbocycles. The zero-order valence-electron chi connectivity index (χ0n) is 19.5. The lowest BCUT2D eigenvalue weighted by atomic mass is 10.1. The Kier molecular flexibility index (Phi) is 8.18. The van der Waals surface area contributed by atoms with Gasteiger partial charge in [-0.1, -0.05) is 43.3 Å². The number of hydrogen-bond acceptors (Lipinski definition) is 6. The summed E-state index contributed by atoms with van der Waals surface area (Å²) in [6, 6.07) is 12.7. The van der Waals surface area contributed by atoms with E-state index < -0.39 is 0 Å². The van der Waals surface area contributed by atoms with E-state index in [4.69, 9.17) is 9.26 Å². The van der Waals surface area contributed by atoms with Crippen molar-refractivity contribution in [1.82, 2.24) is 15.5 Å². The highest BCUT2D eigenvalue weighted by Crippen LogP contribution is 2.30. The van der Waals surface area contributed by atoms with Crippen LogP contribution in [0.3, 0.4) is 0 Å². The van der Waals surface area contributed by atoms with Crippen molar-refractivity contribution < 1.29 is 18.8 Å². The van der Waals surface area contributed by atoms with Crippen LogP contribution in [0.4, 0.5) is 5.69 Å². The molecule has 0 saturated carbocycles. The van der Waals surface area contributed by atoms with Crippen LogP contribution in [0.5, 0.6) is 5.75 Å². The monoisotopic (exact) mass is 450 g/mol. The second-order valence-electron chi connectivity index (χ2n) is 7.95. The molecule has 1 heterocycles. The minimum atomic E-state index is -0.224. The molecule has 8 nitrogen and oxygen atoms in total. The van der Waals surface area contributed by atoms with Crippen LogP contribution < -0.4 is 15.4 Å². The second-order valence-corrected chi connectivity index (χ2v) is 7.95. The van der Waals surface area contributed by atoms with Crippen molar-refractivity contribution in [2.45, 2.75) is 46.5 Å². The smallest absolute Gasteiger partial charge is 0.260 e. The van der Waals surface area contributed by atoms with Gasteiger partial charge in [0.25, 0.3) is 11.8 Å². The Morgan fingerprint density at radius 1 is 1.12 bits per heavy atom. The van der Waals surface area contributed by atoms with Gasteiger partial charge >= 0.3 is 0 Å². The number of ether oxygens (including phenoxy) is 1. The van der Waals surface area contributed by atoms with Crippen LogP contribution in [0.1, 0.15) is 61.3 Å². The van der Waals surface area contributed by atoms with E-state index >= 15 is 0 Å². The molecule has 174 valence electrons. The highest BCUT2D eigenvalue weighted by molar-refractivity contribution is 5.97. The number of hydrogen-bond donors (Lipinski definition) is 2. The Hall–Kier alpha value is -3.68. The summed E-state index contributed by atoms with van der Waals surface area (Å²) >= 11 is 0. The molecule has 0 unspecified atom stereocenters. The Bertz CT molecular complexity index is 1110. The third-order valence-corrected chi connectivity index (χ3v) is 5.02. The van der Waals surface area contributed by atoms with Gasteiger partial charge in [0.15, 0.2) is 5.82 Å². The first-order valence-corrected chi connectivity index (χ1v) is 11.1. The molecule has 0 radical (unpaired) electrons. The summed E-state index contributed by atoms with van der Waals surface area (Å²) in [4.78, 5) is 29.5. The molecule has 0 bridgehead atoms. The lowest BCUT2D eigenvalue weighted by Crippen LogP contribution is -2.26. The molecule has 0 atom stereocenters. The van der Waals surface area contributed by atoms with Crippen LogP contribution in [0.15, 0.2) is 47.0 Å². The summed E-state index contributed by atoms with van der Waals surface area (Å²) in [5.74, 6) is 1.30. The van der Waals surface area contributed by atoms with E-state index in [1.807, 2.05) is 52.0 Å². The molecule has 33 heavy (non-hydrogen) atoms. The van der Waals surface area contributed by atoms with Crippen LogP contribution in [-0.2, 0) is 4.79 Å². The van der Waals surface area contributed by atoms with Crippen LogP contribution in [0, 0.1) is 6.92 Å². The van der Waals surface area contributed by atoms with Crippen molar-refractivity contribution in [2.75, 3.05) is 18.5 Å². The Labute approximate surface area is 193 Å². The predicted molar refractivity (Wildman–Crippen MR) is 126 cm³/mol. The van der Waals surface area contributed by atoms with Crippen LogP contribution in [-0.4, -0.2) is 35.1 Å². The van der Waals surface area contributed by atoms with Gasteiger partial charge in [0.05, 0.1) is 23.4 Å². The van der Waals surface area contributed by atoms with Gasteiger partial charge in [-0.25, -0.2) is 0 Å². The Morgan fingerprint density at radius 3 is 2.64 bits per heavy atom. The van der Waals surface area contributed by atoms with Crippen molar-refractivity contribution in [2.24, 2.45) is 0 Å². The van der Waals surface area contributed by atoms with Crippen LogP contribution >= 0.6 is 0 Å². The molecule has 0 fully saturated rings. The van der Waals surface area contributed by atoms with Gasteiger partial charge in [0, 0.05) is 18.9 Å². The average Bonchev–Trinajstić information content (AvgIpc) is 3.29. The largest absolute Gasteiger partial charge is 0.493 e. The van der Waals surface area contributed by atoms with E-state index in [1.54, 1.807) is 18.2 Å². The van der Waals surface area contributed by atoms with Crippen molar-refractivity contribution in [3.05, 3.63) is 59.4 Å². The average molecular weight is 451 g/mol. The highest BCUT2D eigenvalue weighted by Gasteiger charge is 2.18. The summed E-state index contributed by atoms with van der Waals surface area (Å²) in [5.41, 5.74) is 2.71. The Morgan fingerprint density at radius 2 is 1.91 bits per heavy atom. The fourth-order valence-electron chi connectivity index (χ4n) is 3.27. The molecule has 0 aliphatic heterocycles. The number of amides is 2. The van der Waals surface area contributed by atoms with E-state index in [1.165, 1.54) is 0 Å². The van der Waals surface area contributed by atoms with E-state index in [-0.39, 0.29) is 24.2 Å². The molecular formula is C25H30N4O4. The summed E-state index contributed by atoms with van der Waals surface area (Å²) in [6.45, 7) is 8.61. The topological polar surface area (TPSA) is 106 Å². The maximum atomic E-state index is 12.6. The molecule has 0 spiro atoms. The fourth-order valence-corrected chi connectivity index (χ4v) is 3.27. The maximum absolute atomic E-state index is 12.6. The first-order chi connectivity index (χ1) is 15.9. The number of nitrogens with zero attached hydrogens (tertiary/aromatic N) is 2. The lowest BCUT2D eigenvalue weighted by molar-refractivity contribution is -0.116. The van der Waals surface area contributed by atoms with Crippen molar-refractivity contribution >= 4 is 17.5 Å². The quantitative estimate of drug-likeness (QED) is 0.433. The van der Waals surface area contributed by atoms with Gasteiger partial charge in [0.1, 0.15) is 5.75 Å². The number of aromatic nitrogens is 2. The van der Waals surface area contributed by atoms with E-state index in [0.29, 0.717) is 53.9 Å². The van der Waals surface area contributed by atoms with Gasteiger partial charge < -0.3 is 19.9 Å². The van der Waals surface area contributed by atoms with Crippen LogP contribution in [0.2, 0.25) is 0 Å². The molecule has 8 heteroatoms. The maximum Gasteiger partial charge on any atom is 0.260 e. The summed E-state index contributed by atoms with van der Waals surface area (Å²) in [7, 11) is 0. The van der Waals surface area contributed by atoms with E-state index in [0.717, 1.165) is 5.56 Å². The van der Waals surface area contributed by atoms with Gasteiger partial charge in [-0.2, -0.15) is 4.98 Å². The summed E-state index contributed by atoms with van der Waals surface area (Å²) in [5, 5.41) is 9.82. The number of carbonyl (C=O) groups excluding carboxylic acids is 2. The van der Waals surface area contributed by atoms with Crippen LogP contribution in [0.25, 0.3) is 11.5 Å². The van der Waals surface area contributed by atoms with Crippen molar-refractivity contribution in [1.29, 1.82) is 0 Å². The minimum absolute atomic E-state index is 0.140. The molecule has 2 N–H and O–H groups in total. The van der Waals surface area contributed by atoms with Gasteiger partial charge in [0.2, 0.25) is 5.91 Å². The molecule has 3 rings (SSSR count). The highest BCUT2D eigenvalue weighted by atomic mass is 16.5. The standard InChI is InChI=1S/C25H30N4O4/c1-5-32-20-13-7-6-11-18(20)24(31)26-15-9-14-21(30)27-22-17(4)10-8-12-19(22)25-28-23(16(2)3)29-33-25/h6-8,10-13,16H,5,9,14-15H2,1-4H3,(H,26,31)(H,27,30). The first kappa shape index (κ1) is 24.0. The molecule has 1 aromatic heterocycles. The third kappa shape index (κ3) is 6.19. The Balaban J connectivity index is 1.57. The number of aryl methyl sites for hydroxylation is 1. The van der Waals surface area contributed by atoms with Gasteiger partial charge in [-0.3, -0.25) is 9.59 Å². The number of nitrogens with one attached hydrogen (secondary N) is 2. The molecular weight excluding hydrogens is 420 g/mol. The number of carbonyl (C=O) groups is 2. The van der Waals surface area contributed by atoms with E-state index in [2.05, 4.69) is 20.8 Å². The predicted octanol–water partition coefficient (Wildman–Crippen LogP) is 4.72. The lowest BCUT2D eigenvalue weighted by Gasteiger charge is -2.12. The molecule has 2 amide bonds. The molecule has 0 aliphatic carbocycles. The number of anilines is 1. The molecule has 0 aliphatic rings. The number of benzene rings is 2. The minimum Gasteiger partial charge on any atom is -0.493 e. The number of para-hydroxylation sites is 2. The number of rotatable bonds is 10. The van der Waals surface area contributed by atoms with Gasteiger partial charge in [-0.05, 0) is 44.0 Å². The summed E-state index contributed by atoms with van der Waals surface area (Å²) < 4.78 is 10.9. The third-order valence-electron chi connectivity index (χ3n) is 5.02. The first-order valence-electron chi connectivity index (χ1n) is 11.1.